The van der Waals surface area contributed by atoms with Gasteiger partial charge in [0.25, 0.3) is 0 Å². The Morgan fingerprint density at radius 1 is 1.17 bits per heavy atom. The van der Waals surface area contributed by atoms with Crippen molar-refractivity contribution in [3.05, 3.63) is 77.1 Å². The fourth-order valence-corrected chi connectivity index (χ4v) is 4.10. The number of benzene rings is 2. The van der Waals surface area contributed by atoms with Gasteiger partial charge in [-0.1, -0.05) is 29.5 Å². The number of nitrogens with zero attached hydrogens (tertiary/aromatic N) is 3. The number of nitrogens with one attached hydrogen (secondary N) is 1. The minimum Gasteiger partial charge on any atom is -0.465 e. The Morgan fingerprint density at radius 3 is 2.79 bits per heavy atom. The summed E-state index contributed by atoms with van der Waals surface area (Å²) in [6.45, 7) is 4.05. The number of esters is 1. The van der Waals surface area contributed by atoms with Crippen LogP contribution < -0.4 is 5.43 Å². The molecule has 0 fully saturated rings. The van der Waals surface area contributed by atoms with Crippen LogP contribution in [0.15, 0.2) is 59.7 Å². The molecule has 0 unspecified atom stereocenters. The highest BCUT2D eigenvalue weighted by Crippen LogP contribution is 2.25. The number of ether oxygens (including phenoxy) is 1. The van der Waals surface area contributed by atoms with E-state index < -0.39 is 0 Å². The monoisotopic (exact) mass is 404 g/mol. The predicted octanol–water partition coefficient (Wildman–Crippen LogP) is 4.94. The van der Waals surface area contributed by atoms with Crippen molar-refractivity contribution in [2.24, 2.45) is 5.10 Å². The number of fused-ring (bicyclic) bond motifs is 1. The molecule has 2 heterocycles. The topological polar surface area (TPSA) is 68.5 Å². The number of anilines is 1. The van der Waals surface area contributed by atoms with Gasteiger partial charge < -0.3 is 9.30 Å². The van der Waals surface area contributed by atoms with Crippen LogP contribution in [0.25, 0.3) is 15.9 Å². The summed E-state index contributed by atoms with van der Waals surface area (Å²) in [6, 6.07) is 17.4. The number of hydrazone groups is 1. The van der Waals surface area contributed by atoms with Gasteiger partial charge in [-0.2, -0.15) is 5.10 Å². The van der Waals surface area contributed by atoms with E-state index in [0.717, 1.165) is 38.0 Å². The lowest BCUT2D eigenvalue weighted by Crippen LogP contribution is -2.04. The van der Waals surface area contributed by atoms with E-state index in [0.29, 0.717) is 5.56 Å². The van der Waals surface area contributed by atoms with E-state index in [1.54, 1.807) is 23.6 Å². The number of rotatable bonds is 5. The molecule has 2 aromatic heterocycles. The molecular weight excluding hydrogens is 384 g/mol. The Morgan fingerprint density at radius 2 is 2.00 bits per heavy atom. The number of carbonyl (C=O) groups is 1. The molecule has 4 aromatic rings. The molecule has 0 aliphatic heterocycles. The molecular formula is C22H20N4O2S. The zero-order chi connectivity index (χ0) is 20.4. The highest BCUT2D eigenvalue weighted by atomic mass is 32.1. The molecule has 0 aliphatic rings. The lowest BCUT2D eigenvalue weighted by atomic mass is 10.2. The molecule has 1 N–H and O–H groups in total. The van der Waals surface area contributed by atoms with E-state index in [9.17, 15) is 4.79 Å². The second-order valence-electron chi connectivity index (χ2n) is 6.56. The summed E-state index contributed by atoms with van der Waals surface area (Å²) >= 11 is 1.56. The first-order valence-electron chi connectivity index (χ1n) is 9.09. The molecule has 7 heteroatoms. The first-order chi connectivity index (χ1) is 14.1. The van der Waals surface area contributed by atoms with Gasteiger partial charge in [-0.15, -0.1) is 0 Å². The molecule has 0 bridgehead atoms. The van der Waals surface area contributed by atoms with Crippen molar-refractivity contribution >= 4 is 38.9 Å². The molecule has 0 saturated heterocycles. The summed E-state index contributed by atoms with van der Waals surface area (Å²) in [5.41, 5.74) is 8.46. The van der Waals surface area contributed by atoms with E-state index in [2.05, 4.69) is 26.1 Å². The van der Waals surface area contributed by atoms with Crippen molar-refractivity contribution < 1.29 is 9.53 Å². The standard InChI is InChI=1S/C22H20N4O2S/c1-14-11-17(13-23-25-22-24-19-9-4-5-10-20(19)29-22)15(2)26(14)18-8-6-7-16(12-18)21(27)28-3/h4-13H,1-3H3,(H,24,25)/b23-13-. The molecule has 0 atom stereocenters. The second-order valence-corrected chi connectivity index (χ2v) is 7.59. The van der Waals surface area contributed by atoms with Gasteiger partial charge in [0.1, 0.15) is 0 Å². The van der Waals surface area contributed by atoms with Crippen LogP contribution in [-0.4, -0.2) is 28.8 Å². The third-order valence-corrected chi connectivity index (χ3v) is 5.59. The van der Waals surface area contributed by atoms with Gasteiger partial charge in [-0.25, -0.2) is 9.78 Å². The molecule has 0 radical (unpaired) electrons. The van der Waals surface area contributed by atoms with Crippen molar-refractivity contribution in [1.29, 1.82) is 0 Å². The molecule has 6 nitrogen and oxygen atoms in total. The van der Waals surface area contributed by atoms with Gasteiger partial charge in [-0.3, -0.25) is 5.43 Å². The molecule has 0 spiro atoms. The fourth-order valence-electron chi connectivity index (χ4n) is 3.28. The number of methoxy groups -OCH3 is 1. The molecule has 2 aromatic carbocycles. The highest BCUT2D eigenvalue weighted by Gasteiger charge is 2.12. The van der Waals surface area contributed by atoms with Crippen LogP contribution in [0.3, 0.4) is 0 Å². The molecule has 0 amide bonds. The van der Waals surface area contributed by atoms with Crippen molar-refractivity contribution in [1.82, 2.24) is 9.55 Å². The summed E-state index contributed by atoms with van der Waals surface area (Å²) < 4.78 is 8.04. The first kappa shape index (κ1) is 18.9. The maximum atomic E-state index is 11.8. The average Bonchev–Trinajstić information content (AvgIpc) is 3.27. The van der Waals surface area contributed by atoms with Crippen LogP contribution in [0.2, 0.25) is 0 Å². The van der Waals surface area contributed by atoms with Crippen LogP contribution in [-0.2, 0) is 4.74 Å². The van der Waals surface area contributed by atoms with Crippen LogP contribution >= 0.6 is 11.3 Å². The summed E-state index contributed by atoms with van der Waals surface area (Å²) in [5, 5.41) is 5.11. The first-order valence-corrected chi connectivity index (χ1v) is 9.91. The third kappa shape index (κ3) is 3.77. The second kappa shape index (κ2) is 7.89. The Balaban J connectivity index is 1.58. The summed E-state index contributed by atoms with van der Waals surface area (Å²) in [7, 11) is 1.38. The van der Waals surface area contributed by atoms with Gasteiger partial charge in [0, 0.05) is 22.6 Å². The van der Waals surface area contributed by atoms with Crippen LogP contribution in [0.1, 0.15) is 27.3 Å². The average molecular weight is 404 g/mol. The molecule has 0 saturated carbocycles. The van der Waals surface area contributed by atoms with Gasteiger partial charge >= 0.3 is 5.97 Å². The quantitative estimate of drug-likeness (QED) is 0.291. The predicted molar refractivity (Wildman–Crippen MR) is 117 cm³/mol. The van der Waals surface area contributed by atoms with Crippen LogP contribution in [0.4, 0.5) is 5.13 Å². The Hall–Kier alpha value is -3.45. The smallest absolute Gasteiger partial charge is 0.337 e. The van der Waals surface area contributed by atoms with Gasteiger partial charge in [0.15, 0.2) is 0 Å². The lowest BCUT2D eigenvalue weighted by molar-refractivity contribution is 0.0600. The van der Waals surface area contributed by atoms with Gasteiger partial charge in [-0.05, 0) is 50.2 Å². The van der Waals surface area contributed by atoms with Crippen molar-refractivity contribution in [3.8, 4) is 5.69 Å². The maximum Gasteiger partial charge on any atom is 0.337 e. The number of thiazole rings is 1. The van der Waals surface area contributed by atoms with Gasteiger partial charge in [0.2, 0.25) is 5.13 Å². The normalized spacial score (nSPS) is 11.3. The summed E-state index contributed by atoms with van der Waals surface area (Å²) in [5.74, 6) is -0.351. The number of para-hydroxylation sites is 1. The van der Waals surface area contributed by atoms with E-state index in [1.165, 1.54) is 7.11 Å². The lowest BCUT2D eigenvalue weighted by Gasteiger charge is -2.10. The van der Waals surface area contributed by atoms with Crippen molar-refractivity contribution in [3.63, 3.8) is 0 Å². The van der Waals surface area contributed by atoms with E-state index in [-0.39, 0.29) is 5.97 Å². The Labute approximate surface area is 172 Å². The highest BCUT2D eigenvalue weighted by molar-refractivity contribution is 7.22. The Bertz CT molecular complexity index is 1190. The SMILES string of the molecule is COC(=O)c1cccc(-n2c(C)cc(/C=N\Nc3nc4ccccc4s3)c2C)c1. The molecule has 29 heavy (non-hydrogen) atoms. The van der Waals surface area contributed by atoms with Crippen molar-refractivity contribution in [2.45, 2.75) is 13.8 Å². The van der Waals surface area contributed by atoms with E-state index in [1.807, 2.05) is 56.3 Å². The Kier molecular flexibility index (Phi) is 5.14. The summed E-state index contributed by atoms with van der Waals surface area (Å²) in [6.07, 6.45) is 1.79. The number of hydrogen-bond donors (Lipinski definition) is 1. The molecule has 0 aliphatic carbocycles. The number of hydrogen-bond acceptors (Lipinski definition) is 6. The van der Waals surface area contributed by atoms with Crippen molar-refractivity contribution in [2.75, 3.05) is 12.5 Å². The fraction of sp³-hybridized carbons (Fsp3) is 0.136. The third-order valence-electron chi connectivity index (χ3n) is 4.65. The van der Waals surface area contributed by atoms with Gasteiger partial charge in [0.05, 0.1) is 29.1 Å². The number of aryl methyl sites for hydroxylation is 1. The van der Waals surface area contributed by atoms with Crippen LogP contribution in [0.5, 0.6) is 0 Å². The maximum absolute atomic E-state index is 11.8. The minimum atomic E-state index is -0.351. The molecule has 4 rings (SSSR count). The largest absolute Gasteiger partial charge is 0.465 e. The number of carbonyl (C=O) groups excluding carboxylic acids is 1. The summed E-state index contributed by atoms with van der Waals surface area (Å²) in [4.78, 5) is 16.4. The minimum absolute atomic E-state index is 0.351. The van der Waals surface area contributed by atoms with E-state index >= 15 is 0 Å². The zero-order valence-electron chi connectivity index (χ0n) is 16.3. The van der Waals surface area contributed by atoms with Crippen LogP contribution in [0, 0.1) is 13.8 Å². The number of aromatic nitrogens is 2. The van der Waals surface area contributed by atoms with E-state index in [4.69, 9.17) is 4.74 Å². The molecule has 146 valence electrons. The zero-order valence-corrected chi connectivity index (χ0v) is 17.2.